The zero-order valence-corrected chi connectivity index (χ0v) is 15.2. The van der Waals surface area contributed by atoms with Gasteiger partial charge >= 0.3 is 0 Å². The molecule has 3 fully saturated rings. The van der Waals surface area contributed by atoms with E-state index in [1.165, 1.54) is 0 Å². The van der Waals surface area contributed by atoms with Gasteiger partial charge in [-0.25, -0.2) is 0 Å². The van der Waals surface area contributed by atoms with E-state index in [-0.39, 0.29) is 34.3 Å². The molecule has 0 aromatic rings. The van der Waals surface area contributed by atoms with Crippen LogP contribution in [0.5, 0.6) is 0 Å². The Morgan fingerprint density at radius 3 is 2.40 bits per heavy atom. The van der Waals surface area contributed by atoms with E-state index in [0.29, 0.717) is 19.3 Å². The van der Waals surface area contributed by atoms with Gasteiger partial charge in [0.05, 0.1) is 6.10 Å². The first-order valence-corrected chi connectivity index (χ1v) is 9.67. The monoisotopic (exact) mass is 346 g/mol. The van der Waals surface area contributed by atoms with Crippen LogP contribution in [-0.2, 0) is 0 Å². The molecule has 4 N–H and O–H groups in total. The standard InChI is InChI=1S/C21H30O4/c1-4-21(25)10-6-13-17-12(5-9-20(13,21)3)19(2)8-7-15(22)18(24)14(19)11-16(17)23/h1,12-13,15-17,22-25H,5-11H2,2-3H3/t12-,13-,15-,16-,17+,19+,20-,21-/m0/s1. The van der Waals surface area contributed by atoms with Gasteiger partial charge < -0.3 is 20.4 Å². The molecule has 0 aromatic heterocycles. The molecule has 0 aromatic carbocycles. The molecule has 0 heterocycles. The van der Waals surface area contributed by atoms with Gasteiger partial charge in [0.2, 0.25) is 0 Å². The molecule has 138 valence electrons. The maximum absolute atomic E-state index is 11.0. The highest BCUT2D eigenvalue weighted by atomic mass is 16.3. The fourth-order valence-electron chi connectivity index (χ4n) is 7.04. The van der Waals surface area contributed by atoms with Crippen LogP contribution in [0.3, 0.4) is 0 Å². The van der Waals surface area contributed by atoms with E-state index >= 15 is 0 Å². The molecule has 4 aliphatic rings. The fraction of sp³-hybridized carbons (Fsp3) is 0.810. The Bertz CT molecular complexity index is 663. The number of rotatable bonds is 0. The molecule has 0 bridgehead atoms. The van der Waals surface area contributed by atoms with E-state index in [2.05, 4.69) is 19.8 Å². The van der Waals surface area contributed by atoms with Gasteiger partial charge in [-0.05, 0) is 73.7 Å². The number of terminal acetylenes is 1. The molecule has 0 spiro atoms. The summed E-state index contributed by atoms with van der Waals surface area (Å²) in [5.74, 6) is 3.31. The minimum absolute atomic E-state index is 0.0890. The summed E-state index contributed by atoms with van der Waals surface area (Å²) in [6, 6.07) is 0. The zero-order chi connectivity index (χ0) is 18.2. The van der Waals surface area contributed by atoms with Gasteiger partial charge in [-0.1, -0.05) is 19.8 Å². The molecule has 0 radical (unpaired) electrons. The van der Waals surface area contributed by atoms with E-state index in [0.717, 1.165) is 31.3 Å². The topological polar surface area (TPSA) is 80.9 Å². The van der Waals surface area contributed by atoms with Gasteiger partial charge in [0.25, 0.3) is 0 Å². The first-order valence-electron chi connectivity index (χ1n) is 9.67. The van der Waals surface area contributed by atoms with Gasteiger partial charge in [-0.15, -0.1) is 6.42 Å². The summed E-state index contributed by atoms with van der Waals surface area (Å²) in [4.78, 5) is 0. The molecule has 4 heteroatoms. The largest absolute Gasteiger partial charge is 0.510 e. The van der Waals surface area contributed by atoms with E-state index in [4.69, 9.17) is 6.42 Å². The first-order chi connectivity index (χ1) is 11.7. The van der Waals surface area contributed by atoms with Gasteiger partial charge in [-0.2, -0.15) is 0 Å². The van der Waals surface area contributed by atoms with Crippen molar-refractivity contribution in [3.63, 3.8) is 0 Å². The average molecular weight is 346 g/mol. The highest BCUT2D eigenvalue weighted by molar-refractivity contribution is 5.31. The summed E-state index contributed by atoms with van der Waals surface area (Å²) in [7, 11) is 0. The minimum Gasteiger partial charge on any atom is -0.510 e. The minimum atomic E-state index is -1.08. The predicted molar refractivity (Wildman–Crippen MR) is 94.5 cm³/mol. The zero-order valence-electron chi connectivity index (χ0n) is 15.2. The second-order valence-electron chi connectivity index (χ2n) is 9.40. The Kier molecular flexibility index (Phi) is 3.65. The van der Waals surface area contributed by atoms with Crippen molar-refractivity contribution in [3.05, 3.63) is 11.3 Å². The third-order valence-corrected chi connectivity index (χ3v) is 8.65. The van der Waals surface area contributed by atoms with Gasteiger partial charge in [0.1, 0.15) is 17.5 Å². The van der Waals surface area contributed by atoms with Crippen molar-refractivity contribution in [2.24, 2.45) is 28.6 Å². The average Bonchev–Trinajstić information content (AvgIpc) is 2.86. The van der Waals surface area contributed by atoms with Crippen LogP contribution in [0.25, 0.3) is 0 Å². The van der Waals surface area contributed by atoms with Gasteiger partial charge in [0, 0.05) is 5.41 Å². The smallest absolute Gasteiger partial charge is 0.130 e. The van der Waals surface area contributed by atoms with Crippen molar-refractivity contribution >= 4 is 0 Å². The SMILES string of the molecule is C#C[C@]1(O)CC[C@H]2[C@@H]3[C@@H](O)CC4=C(O)[C@@H](O)CC[C@]4(C)[C@H]3CC[C@@]21C. The number of aliphatic hydroxyl groups excluding tert-OH is 3. The lowest BCUT2D eigenvalue weighted by Gasteiger charge is -2.60. The number of aliphatic hydroxyl groups is 4. The van der Waals surface area contributed by atoms with E-state index < -0.39 is 17.8 Å². The van der Waals surface area contributed by atoms with E-state index in [9.17, 15) is 20.4 Å². The van der Waals surface area contributed by atoms with Crippen molar-refractivity contribution in [2.75, 3.05) is 0 Å². The van der Waals surface area contributed by atoms with Crippen LogP contribution >= 0.6 is 0 Å². The molecular formula is C21H30O4. The molecule has 0 unspecified atom stereocenters. The predicted octanol–water partition coefficient (Wildman–Crippen LogP) is 2.53. The highest BCUT2D eigenvalue weighted by Crippen LogP contribution is 2.67. The first kappa shape index (κ1) is 17.4. The molecule has 4 rings (SSSR count). The molecule has 4 nitrogen and oxygen atoms in total. The van der Waals surface area contributed by atoms with Crippen LogP contribution in [0.15, 0.2) is 11.3 Å². The quantitative estimate of drug-likeness (QED) is 0.508. The van der Waals surface area contributed by atoms with Crippen LogP contribution in [0.2, 0.25) is 0 Å². The Labute approximate surface area is 150 Å². The highest BCUT2D eigenvalue weighted by Gasteiger charge is 2.65. The van der Waals surface area contributed by atoms with Crippen LogP contribution in [0, 0.1) is 40.9 Å². The maximum atomic E-state index is 11.0. The van der Waals surface area contributed by atoms with Gasteiger partial charge in [0.15, 0.2) is 0 Å². The van der Waals surface area contributed by atoms with E-state index in [1.54, 1.807) is 0 Å². The summed E-state index contributed by atoms with van der Waals surface area (Å²) in [6.45, 7) is 4.29. The molecule has 0 aliphatic heterocycles. The van der Waals surface area contributed by atoms with Crippen LogP contribution in [0.1, 0.15) is 58.8 Å². The Morgan fingerprint density at radius 2 is 1.72 bits per heavy atom. The Morgan fingerprint density at radius 1 is 1.04 bits per heavy atom. The van der Waals surface area contributed by atoms with Crippen molar-refractivity contribution in [2.45, 2.75) is 76.6 Å². The summed E-state index contributed by atoms with van der Waals surface area (Å²) in [6.07, 6.45) is 9.37. The lowest BCUT2D eigenvalue weighted by Crippen LogP contribution is -2.58. The molecule has 0 saturated heterocycles. The Hall–Kier alpha value is -1.02. The third-order valence-electron chi connectivity index (χ3n) is 8.65. The molecule has 8 atom stereocenters. The summed E-state index contributed by atoms with van der Waals surface area (Å²) < 4.78 is 0. The van der Waals surface area contributed by atoms with E-state index in [1.807, 2.05) is 0 Å². The number of hydrogen-bond acceptors (Lipinski definition) is 4. The molecule has 0 amide bonds. The third kappa shape index (κ3) is 2.01. The number of hydrogen-bond donors (Lipinski definition) is 4. The summed E-state index contributed by atoms with van der Waals surface area (Å²) in [5.41, 5.74) is -0.748. The molecular weight excluding hydrogens is 316 g/mol. The lowest BCUT2D eigenvalue weighted by molar-refractivity contribution is -0.138. The molecule has 3 saturated carbocycles. The van der Waals surface area contributed by atoms with Crippen LogP contribution < -0.4 is 0 Å². The normalized spacial score (nSPS) is 55.1. The maximum Gasteiger partial charge on any atom is 0.130 e. The van der Waals surface area contributed by atoms with Crippen molar-refractivity contribution in [1.29, 1.82) is 0 Å². The molecule has 4 aliphatic carbocycles. The Balaban J connectivity index is 1.76. The van der Waals surface area contributed by atoms with Crippen LogP contribution in [0.4, 0.5) is 0 Å². The van der Waals surface area contributed by atoms with Crippen molar-refractivity contribution in [3.8, 4) is 12.3 Å². The van der Waals surface area contributed by atoms with Crippen molar-refractivity contribution in [1.82, 2.24) is 0 Å². The summed E-state index contributed by atoms with van der Waals surface area (Å²) in [5, 5.41) is 42.5. The van der Waals surface area contributed by atoms with Crippen LogP contribution in [-0.4, -0.2) is 38.2 Å². The summed E-state index contributed by atoms with van der Waals surface area (Å²) >= 11 is 0. The second kappa shape index (κ2) is 5.25. The van der Waals surface area contributed by atoms with Gasteiger partial charge in [-0.3, -0.25) is 0 Å². The van der Waals surface area contributed by atoms with Crippen molar-refractivity contribution < 1.29 is 20.4 Å². The lowest BCUT2D eigenvalue weighted by atomic mass is 9.45. The second-order valence-corrected chi connectivity index (χ2v) is 9.40. The molecule has 25 heavy (non-hydrogen) atoms. The number of fused-ring (bicyclic) bond motifs is 5. The fourth-order valence-corrected chi connectivity index (χ4v) is 7.04.